The molecule has 16 heavy (non-hydrogen) atoms. The zero-order valence-corrected chi connectivity index (χ0v) is 9.90. The predicted octanol–water partition coefficient (Wildman–Crippen LogP) is 0.651. The van der Waals surface area contributed by atoms with E-state index < -0.39 is 12.0 Å². The largest absolute Gasteiger partial charge is 0.392 e. The average Bonchev–Trinajstić information content (AvgIpc) is 2.15. The predicted molar refractivity (Wildman–Crippen MR) is 62.7 cm³/mol. The third-order valence-corrected chi connectivity index (χ3v) is 2.28. The molecule has 1 heterocycles. The van der Waals surface area contributed by atoms with Crippen molar-refractivity contribution in [3.8, 4) is 0 Å². The van der Waals surface area contributed by atoms with Gasteiger partial charge in [-0.15, -0.1) is 0 Å². The van der Waals surface area contributed by atoms with Crippen molar-refractivity contribution >= 4 is 23.3 Å². The number of aromatic nitrogens is 1. The van der Waals surface area contributed by atoms with Crippen LogP contribution in [-0.2, 0) is 0 Å². The van der Waals surface area contributed by atoms with E-state index in [2.05, 4.69) is 4.98 Å². The van der Waals surface area contributed by atoms with E-state index in [0.717, 1.165) is 0 Å². The van der Waals surface area contributed by atoms with Gasteiger partial charge < -0.3 is 15.7 Å². The Balaban J connectivity index is 2.94. The highest BCUT2D eigenvalue weighted by Crippen LogP contribution is 2.23. The van der Waals surface area contributed by atoms with E-state index in [-0.39, 0.29) is 5.56 Å². The summed E-state index contributed by atoms with van der Waals surface area (Å²) in [5, 5.41) is 9.56. The first kappa shape index (κ1) is 12.7. The molecule has 1 aromatic rings. The number of carbonyl (C=O) groups excluding carboxylic acids is 1. The highest BCUT2D eigenvalue weighted by atomic mass is 35.5. The van der Waals surface area contributed by atoms with Gasteiger partial charge in [0.25, 0.3) is 0 Å². The maximum absolute atomic E-state index is 10.9. The Labute approximate surface area is 98.8 Å². The Morgan fingerprint density at radius 1 is 1.75 bits per heavy atom. The van der Waals surface area contributed by atoms with Crippen LogP contribution in [0.3, 0.4) is 0 Å². The van der Waals surface area contributed by atoms with E-state index in [0.29, 0.717) is 17.4 Å². The molecule has 6 heteroatoms. The molecule has 1 amide bonds. The monoisotopic (exact) mass is 243 g/mol. The number of amides is 1. The second-order valence-electron chi connectivity index (χ2n) is 3.62. The summed E-state index contributed by atoms with van der Waals surface area (Å²) in [6.45, 7) is 2.07. The molecule has 0 aromatic carbocycles. The van der Waals surface area contributed by atoms with Crippen molar-refractivity contribution in [3.05, 3.63) is 22.8 Å². The SMILES string of the molecule is CC(O)CN(C)c1ncc(C(N)=O)cc1Cl. The molecule has 1 rings (SSSR count). The maximum atomic E-state index is 10.9. The normalized spacial score (nSPS) is 12.2. The molecule has 1 aromatic heterocycles. The van der Waals surface area contributed by atoms with Crippen LogP contribution >= 0.6 is 11.6 Å². The van der Waals surface area contributed by atoms with Crippen LogP contribution in [0.2, 0.25) is 5.02 Å². The lowest BCUT2D eigenvalue weighted by molar-refractivity contribution is 0.1000. The van der Waals surface area contributed by atoms with Gasteiger partial charge in [0.05, 0.1) is 16.7 Å². The number of carbonyl (C=O) groups is 1. The molecular formula is C10H14ClN3O2. The van der Waals surface area contributed by atoms with Crippen molar-refractivity contribution < 1.29 is 9.90 Å². The maximum Gasteiger partial charge on any atom is 0.250 e. The fourth-order valence-corrected chi connectivity index (χ4v) is 1.64. The Kier molecular flexibility index (Phi) is 4.09. The fraction of sp³-hybridized carbons (Fsp3) is 0.400. The van der Waals surface area contributed by atoms with Crippen molar-refractivity contribution in [2.24, 2.45) is 5.73 Å². The summed E-state index contributed by atoms with van der Waals surface area (Å²) in [7, 11) is 1.75. The zero-order valence-electron chi connectivity index (χ0n) is 9.14. The number of anilines is 1. The smallest absolute Gasteiger partial charge is 0.250 e. The van der Waals surface area contributed by atoms with Crippen LogP contribution in [0.5, 0.6) is 0 Å². The van der Waals surface area contributed by atoms with Crippen LogP contribution in [0.15, 0.2) is 12.3 Å². The summed E-state index contributed by atoms with van der Waals surface area (Å²) in [6, 6.07) is 1.46. The summed E-state index contributed by atoms with van der Waals surface area (Å²) < 4.78 is 0. The average molecular weight is 244 g/mol. The fourth-order valence-electron chi connectivity index (χ4n) is 1.33. The van der Waals surface area contributed by atoms with Gasteiger partial charge in [0.2, 0.25) is 5.91 Å². The van der Waals surface area contributed by atoms with Crippen LogP contribution in [0.25, 0.3) is 0 Å². The van der Waals surface area contributed by atoms with E-state index in [1.807, 2.05) is 0 Å². The first-order chi connectivity index (χ1) is 7.41. The highest BCUT2D eigenvalue weighted by molar-refractivity contribution is 6.33. The number of nitrogens with zero attached hydrogens (tertiary/aromatic N) is 2. The molecule has 0 aliphatic rings. The third kappa shape index (κ3) is 3.08. The molecule has 1 atom stereocenters. The summed E-state index contributed by atoms with van der Waals surface area (Å²) in [4.78, 5) is 16.6. The first-order valence-corrected chi connectivity index (χ1v) is 5.14. The van der Waals surface area contributed by atoms with Gasteiger partial charge in [-0.05, 0) is 13.0 Å². The summed E-state index contributed by atoms with van der Waals surface area (Å²) in [5.41, 5.74) is 5.36. The molecule has 0 saturated heterocycles. The first-order valence-electron chi connectivity index (χ1n) is 4.76. The molecule has 0 radical (unpaired) electrons. The summed E-state index contributed by atoms with van der Waals surface area (Å²) >= 11 is 5.96. The summed E-state index contributed by atoms with van der Waals surface area (Å²) in [6.07, 6.45) is 0.876. The van der Waals surface area contributed by atoms with Crippen molar-refractivity contribution in [3.63, 3.8) is 0 Å². The van der Waals surface area contributed by atoms with Crippen molar-refractivity contribution in [1.82, 2.24) is 4.98 Å². The molecule has 88 valence electrons. The van der Waals surface area contributed by atoms with E-state index in [1.54, 1.807) is 18.9 Å². The van der Waals surface area contributed by atoms with Gasteiger partial charge in [-0.1, -0.05) is 11.6 Å². The van der Waals surface area contributed by atoms with Crippen LogP contribution in [0.1, 0.15) is 17.3 Å². The lowest BCUT2D eigenvalue weighted by Crippen LogP contribution is -2.28. The minimum atomic E-state index is -0.570. The van der Waals surface area contributed by atoms with Gasteiger partial charge in [0.1, 0.15) is 5.82 Å². The highest BCUT2D eigenvalue weighted by Gasteiger charge is 2.12. The van der Waals surface area contributed by atoms with Gasteiger partial charge in [-0.2, -0.15) is 0 Å². The molecule has 0 bridgehead atoms. The number of nitrogens with two attached hydrogens (primary N) is 1. The van der Waals surface area contributed by atoms with Crippen LogP contribution in [0.4, 0.5) is 5.82 Å². The Morgan fingerprint density at radius 3 is 2.81 bits per heavy atom. The second kappa shape index (κ2) is 5.14. The second-order valence-corrected chi connectivity index (χ2v) is 4.03. The molecule has 0 fully saturated rings. The van der Waals surface area contributed by atoms with Gasteiger partial charge in [-0.3, -0.25) is 4.79 Å². The number of pyridine rings is 1. The Morgan fingerprint density at radius 2 is 2.38 bits per heavy atom. The molecule has 3 N–H and O–H groups in total. The molecule has 0 saturated carbocycles. The van der Waals surface area contributed by atoms with Gasteiger partial charge in [-0.25, -0.2) is 4.98 Å². The zero-order chi connectivity index (χ0) is 12.3. The van der Waals surface area contributed by atoms with Crippen LogP contribution in [0, 0.1) is 0 Å². The number of primary amides is 1. The Bertz CT molecular complexity index is 396. The van der Waals surface area contributed by atoms with Gasteiger partial charge in [0, 0.05) is 19.8 Å². The molecule has 1 unspecified atom stereocenters. The van der Waals surface area contributed by atoms with Gasteiger partial charge in [0.15, 0.2) is 0 Å². The lowest BCUT2D eigenvalue weighted by Gasteiger charge is -2.20. The molecule has 5 nitrogen and oxygen atoms in total. The standard InChI is InChI=1S/C10H14ClN3O2/c1-6(15)5-14(2)10-8(11)3-7(4-13-10)9(12)16/h3-4,6,15H,5H2,1-2H3,(H2,12,16). The van der Waals surface area contributed by atoms with Crippen LogP contribution in [-0.4, -0.2) is 35.7 Å². The van der Waals surface area contributed by atoms with E-state index >= 15 is 0 Å². The Hall–Kier alpha value is -1.33. The van der Waals surface area contributed by atoms with E-state index in [1.165, 1.54) is 12.3 Å². The third-order valence-electron chi connectivity index (χ3n) is 2.01. The minimum absolute atomic E-state index is 0.263. The quantitative estimate of drug-likeness (QED) is 0.814. The number of aliphatic hydroxyl groups excluding tert-OH is 1. The molecular weight excluding hydrogens is 230 g/mol. The van der Waals surface area contributed by atoms with Gasteiger partial charge >= 0.3 is 0 Å². The number of hydrogen-bond donors (Lipinski definition) is 2. The number of rotatable bonds is 4. The van der Waals surface area contributed by atoms with E-state index in [9.17, 15) is 9.90 Å². The molecule has 0 aliphatic heterocycles. The van der Waals surface area contributed by atoms with Crippen molar-refractivity contribution in [2.45, 2.75) is 13.0 Å². The topological polar surface area (TPSA) is 79.4 Å². The number of likely N-dealkylation sites (N-methyl/N-ethyl adjacent to an activating group) is 1. The minimum Gasteiger partial charge on any atom is -0.392 e. The molecule has 0 spiro atoms. The lowest BCUT2D eigenvalue weighted by atomic mass is 10.2. The van der Waals surface area contributed by atoms with Crippen molar-refractivity contribution in [1.29, 1.82) is 0 Å². The summed E-state index contributed by atoms with van der Waals surface area (Å²) in [5.74, 6) is -0.0632. The number of aliphatic hydroxyl groups is 1. The van der Waals surface area contributed by atoms with Crippen molar-refractivity contribution in [2.75, 3.05) is 18.5 Å². The van der Waals surface area contributed by atoms with E-state index in [4.69, 9.17) is 17.3 Å². The molecule has 0 aliphatic carbocycles. The number of halogens is 1. The number of hydrogen-bond acceptors (Lipinski definition) is 4. The van der Waals surface area contributed by atoms with Crippen LogP contribution < -0.4 is 10.6 Å².